The molecule has 1 heterocycles. The molecule has 1 aliphatic heterocycles. The molecule has 2 unspecified atom stereocenters. The first kappa shape index (κ1) is 27.6. The molecule has 2 aromatic carbocycles. The van der Waals surface area contributed by atoms with Gasteiger partial charge in [-0.25, -0.2) is 5.48 Å². The highest BCUT2D eigenvalue weighted by atomic mass is 16.5. The number of carbonyl (C=O) groups excluding carboxylic acids is 4. The number of hydrogen-bond acceptors (Lipinski definition) is 7. The van der Waals surface area contributed by atoms with Crippen molar-refractivity contribution in [2.75, 3.05) is 25.0 Å². The van der Waals surface area contributed by atoms with Crippen molar-refractivity contribution >= 4 is 29.3 Å². The summed E-state index contributed by atoms with van der Waals surface area (Å²) in [4.78, 5) is 49.6. The molecule has 11 nitrogen and oxygen atoms in total. The van der Waals surface area contributed by atoms with Crippen molar-refractivity contribution in [2.24, 2.45) is 5.73 Å². The predicted molar refractivity (Wildman–Crippen MR) is 136 cm³/mol. The Morgan fingerprint density at radius 1 is 1.16 bits per heavy atom. The van der Waals surface area contributed by atoms with Crippen LogP contribution in [0.15, 0.2) is 42.5 Å². The number of anilines is 1. The lowest BCUT2D eigenvalue weighted by atomic mass is 9.81. The van der Waals surface area contributed by atoms with Gasteiger partial charge in [0, 0.05) is 12.2 Å². The third kappa shape index (κ3) is 6.63. The van der Waals surface area contributed by atoms with Crippen molar-refractivity contribution in [2.45, 2.75) is 45.3 Å². The molecule has 2 aromatic rings. The average Bonchev–Trinajstić information content (AvgIpc) is 3.19. The van der Waals surface area contributed by atoms with Crippen LogP contribution in [0.25, 0.3) is 0 Å². The van der Waals surface area contributed by atoms with Crippen LogP contribution in [0.2, 0.25) is 0 Å². The van der Waals surface area contributed by atoms with E-state index in [-0.39, 0.29) is 31.5 Å². The zero-order valence-corrected chi connectivity index (χ0v) is 21.2. The number of benzene rings is 2. The zero-order valence-electron chi connectivity index (χ0n) is 21.2. The molecule has 0 spiro atoms. The van der Waals surface area contributed by atoms with Gasteiger partial charge in [-0.05, 0) is 68.1 Å². The summed E-state index contributed by atoms with van der Waals surface area (Å²) in [6.07, 6.45) is 0.544. The van der Waals surface area contributed by atoms with Gasteiger partial charge in [-0.3, -0.25) is 24.4 Å². The van der Waals surface area contributed by atoms with Crippen LogP contribution in [0.4, 0.5) is 5.69 Å². The summed E-state index contributed by atoms with van der Waals surface area (Å²) in [6.45, 7) is 5.63. The number of amides is 4. The quantitative estimate of drug-likeness (QED) is 0.234. The Bertz CT molecular complexity index is 1170. The summed E-state index contributed by atoms with van der Waals surface area (Å²) < 4.78 is 5.92. The molecule has 0 aliphatic carbocycles. The maximum atomic E-state index is 13.1. The molecule has 3 rings (SSSR count). The second-order valence-corrected chi connectivity index (χ2v) is 9.28. The first-order valence-corrected chi connectivity index (χ1v) is 11.9. The molecule has 0 saturated carbocycles. The Hall–Kier alpha value is -3.96. The van der Waals surface area contributed by atoms with E-state index in [2.05, 4.69) is 10.6 Å². The Balaban J connectivity index is 1.62. The highest BCUT2D eigenvalue weighted by molar-refractivity contribution is 5.95. The van der Waals surface area contributed by atoms with E-state index in [9.17, 15) is 19.2 Å². The number of nitrogens with one attached hydrogen (secondary N) is 3. The lowest BCUT2D eigenvalue weighted by Crippen LogP contribution is -2.47. The maximum absolute atomic E-state index is 13.1. The Kier molecular flexibility index (Phi) is 8.85. The standard InChI is InChI=1S/C26H33N5O6/c1-16-10-18(12-20(11-16)29-23(33)14-28-22(32)13-27)15-37-21-6-4-19(5-7-21)26(3)8-9-31(25(26)35)17(2)24(34)30-36/h4-7,10-12,17,36H,8-9,13-15,27H2,1-3H3,(H,28,32)(H,29,33)(H,30,34). The smallest absolute Gasteiger partial charge is 0.265 e. The van der Waals surface area contributed by atoms with Crippen molar-refractivity contribution in [1.29, 1.82) is 0 Å². The summed E-state index contributed by atoms with van der Waals surface area (Å²) in [5.41, 5.74) is 9.21. The minimum absolute atomic E-state index is 0.172. The molecular formula is C26H33N5O6. The number of hydroxylamine groups is 1. The van der Waals surface area contributed by atoms with Crippen LogP contribution in [0.1, 0.15) is 37.0 Å². The van der Waals surface area contributed by atoms with Crippen LogP contribution in [0.5, 0.6) is 5.75 Å². The lowest BCUT2D eigenvalue weighted by molar-refractivity contribution is -0.143. The summed E-state index contributed by atoms with van der Waals surface area (Å²) in [5.74, 6) is -0.964. The van der Waals surface area contributed by atoms with Gasteiger partial charge in [-0.1, -0.05) is 18.2 Å². The number of aryl methyl sites for hydroxylation is 1. The average molecular weight is 512 g/mol. The van der Waals surface area contributed by atoms with E-state index >= 15 is 0 Å². The number of likely N-dealkylation sites (tertiary alicyclic amines) is 1. The van der Waals surface area contributed by atoms with Crippen molar-refractivity contribution in [3.05, 3.63) is 59.2 Å². The molecular weight excluding hydrogens is 478 g/mol. The van der Waals surface area contributed by atoms with Crippen LogP contribution >= 0.6 is 0 Å². The van der Waals surface area contributed by atoms with Crippen molar-refractivity contribution in [3.63, 3.8) is 0 Å². The van der Waals surface area contributed by atoms with E-state index in [1.54, 1.807) is 30.6 Å². The molecule has 4 amide bonds. The first-order valence-electron chi connectivity index (χ1n) is 11.9. The summed E-state index contributed by atoms with van der Waals surface area (Å²) in [7, 11) is 0. The Morgan fingerprint density at radius 2 is 1.86 bits per heavy atom. The minimum atomic E-state index is -0.782. The van der Waals surface area contributed by atoms with Crippen LogP contribution in [-0.4, -0.2) is 59.4 Å². The minimum Gasteiger partial charge on any atom is -0.489 e. The van der Waals surface area contributed by atoms with Crippen molar-refractivity contribution in [1.82, 2.24) is 15.7 Å². The molecule has 6 N–H and O–H groups in total. The second kappa shape index (κ2) is 11.8. The number of rotatable bonds is 10. The van der Waals surface area contributed by atoms with E-state index in [0.717, 1.165) is 16.7 Å². The fourth-order valence-electron chi connectivity index (χ4n) is 4.30. The number of ether oxygens (including phenoxy) is 1. The number of nitrogens with two attached hydrogens (primary N) is 1. The van der Waals surface area contributed by atoms with Gasteiger partial charge in [0.2, 0.25) is 17.7 Å². The van der Waals surface area contributed by atoms with E-state index in [1.165, 1.54) is 4.90 Å². The van der Waals surface area contributed by atoms with Crippen LogP contribution in [0, 0.1) is 6.92 Å². The third-order valence-corrected chi connectivity index (χ3v) is 6.49. The van der Waals surface area contributed by atoms with Gasteiger partial charge in [0.25, 0.3) is 5.91 Å². The molecule has 0 aromatic heterocycles. The number of nitrogens with zero attached hydrogens (tertiary/aromatic N) is 1. The van der Waals surface area contributed by atoms with Gasteiger partial charge in [0.05, 0.1) is 18.5 Å². The van der Waals surface area contributed by atoms with Gasteiger partial charge in [-0.15, -0.1) is 0 Å². The summed E-state index contributed by atoms with van der Waals surface area (Å²) in [6, 6.07) is 12.0. The molecule has 1 fully saturated rings. The first-order chi connectivity index (χ1) is 17.6. The Labute approximate surface area is 215 Å². The molecule has 0 radical (unpaired) electrons. The van der Waals surface area contributed by atoms with E-state index < -0.39 is 23.3 Å². The highest BCUT2D eigenvalue weighted by Gasteiger charge is 2.46. The largest absolute Gasteiger partial charge is 0.489 e. The predicted octanol–water partition coefficient (Wildman–Crippen LogP) is 0.971. The van der Waals surface area contributed by atoms with Crippen molar-refractivity contribution in [3.8, 4) is 5.75 Å². The second-order valence-electron chi connectivity index (χ2n) is 9.28. The lowest BCUT2D eigenvalue weighted by Gasteiger charge is -2.27. The molecule has 2 atom stereocenters. The monoisotopic (exact) mass is 511 g/mol. The molecule has 11 heteroatoms. The molecule has 0 bridgehead atoms. The topological polar surface area (TPSA) is 163 Å². The van der Waals surface area contributed by atoms with E-state index in [0.29, 0.717) is 24.4 Å². The number of hydrogen-bond donors (Lipinski definition) is 5. The van der Waals surface area contributed by atoms with Gasteiger partial charge in [0.1, 0.15) is 18.4 Å². The van der Waals surface area contributed by atoms with Gasteiger partial charge < -0.3 is 26.0 Å². The fourth-order valence-corrected chi connectivity index (χ4v) is 4.30. The molecule has 1 saturated heterocycles. The highest BCUT2D eigenvalue weighted by Crippen LogP contribution is 2.37. The SMILES string of the molecule is Cc1cc(COc2ccc(C3(C)CCN(C(C)C(=O)NO)C3=O)cc2)cc(NC(=O)CNC(=O)CN)c1. The van der Waals surface area contributed by atoms with Crippen molar-refractivity contribution < 1.29 is 29.1 Å². The third-order valence-electron chi connectivity index (χ3n) is 6.49. The van der Waals surface area contributed by atoms with E-state index in [1.807, 2.05) is 38.1 Å². The fraction of sp³-hybridized carbons (Fsp3) is 0.385. The Morgan fingerprint density at radius 3 is 2.51 bits per heavy atom. The van der Waals surface area contributed by atoms with Crippen LogP contribution in [-0.2, 0) is 31.2 Å². The molecule has 37 heavy (non-hydrogen) atoms. The number of carbonyl (C=O) groups is 4. The van der Waals surface area contributed by atoms with Gasteiger partial charge in [-0.2, -0.15) is 0 Å². The summed E-state index contributed by atoms with van der Waals surface area (Å²) in [5, 5.41) is 14.1. The molecule has 198 valence electrons. The summed E-state index contributed by atoms with van der Waals surface area (Å²) >= 11 is 0. The van der Waals surface area contributed by atoms with E-state index in [4.69, 9.17) is 15.7 Å². The van der Waals surface area contributed by atoms with Gasteiger partial charge in [0.15, 0.2) is 0 Å². The zero-order chi connectivity index (χ0) is 27.2. The van der Waals surface area contributed by atoms with Crippen LogP contribution < -0.4 is 26.6 Å². The molecule has 1 aliphatic rings. The van der Waals surface area contributed by atoms with Crippen LogP contribution in [0.3, 0.4) is 0 Å². The van der Waals surface area contributed by atoms with Gasteiger partial charge >= 0.3 is 0 Å². The maximum Gasteiger partial charge on any atom is 0.265 e. The normalized spacial score (nSPS) is 17.8.